The Morgan fingerprint density at radius 1 is 1.38 bits per heavy atom. The third-order valence-electron chi connectivity index (χ3n) is 2.63. The van der Waals surface area contributed by atoms with E-state index in [0.29, 0.717) is 0 Å². The number of carboxylic acids is 1. The summed E-state index contributed by atoms with van der Waals surface area (Å²) in [5.41, 5.74) is 3.68. The van der Waals surface area contributed by atoms with Crippen molar-refractivity contribution in [2.45, 2.75) is 13.3 Å². The van der Waals surface area contributed by atoms with Gasteiger partial charge in [0.25, 0.3) is 0 Å². The molecule has 0 atom stereocenters. The lowest BCUT2D eigenvalue weighted by Crippen LogP contribution is -1.95. The second-order valence-corrected chi connectivity index (χ2v) is 3.83. The number of aryl methyl sites for hydroxylation is 1. The number of nitrogens with one attached hydrogen (secondary N) is 1. The van der Waals surface area contributed by atoms with Crippen LogP contribution in [0.25, 0.3) is 0 Å². The van der Waals surface area contributed by atoms with Gasteiger partial charge in [0.2, 0.25) is 0 Å². The minimum absolute atomic E-state index is 0.239. The number of aromatic carboxylic acids is 1. The lowest BCUT2D eigenvalue weighted by Gasteiger charge is -2.02. The van der Waals surface area contributed by atoms with Crippen molar-refractivity contribution < 1.29 is 9.90 Å². The summed E-state index contributed by atoms with van der Waals surface area (Å²) in [5, 5.41) is 8.79. The molecule has 3 heteroatoms. The van der Waals surface area contributed by atoms with Gasteiger partial charge in [-0.25, -0.2) is 4.79 Å². The monoisotopic (exact) mass is 215 g/mol. The summed E-state index contributed by atoms with van der Waals surface area (Å²) in [6.07, 6.45) is 2.51. The highest BCUT2D eigenvalue weighted by Gasteiger charge is 2.07. The van der Waals surface area contributed by atoms with Crippen LogP contribution in [-0.4, -0.2) is 16.1 Å². The molecule has 82 valence electrons. The topological polar surface area (TPSA) is 53.1 Å². The average molecular weight is 215 g/mol. The maximum absolute atomic E-state index is 10.7. The summed E-state index contributed by atoms with van der Waals surface area (Å²) in [7, 11) is 0. The van der Waals surface area contributed by atoms with Gasteiger partial charge in [0.05, 0.1) is 0 Å². The third kappa shape index (κ3) is 2.14. The first-order valence-electron chi connectivity index (χ1n) is 5.12. The number of hydrogen-bond donors (Lipinski definition) is 2. The molecule has 0 spiro atoms. The Morgan fingerprint density at radius 2 is 2.12 bits per heavy atom. The van der Waals surface area contributed by atoms with Gasteiger partial charge in [0.1, 0.15) is 5.69 Å². The second kappa shape index (κ2) is 4.23. The number of carboxylic acid groups (broad SMARTS) is 1. The van der Waals surface area contributed by atoms with Crippen LogP contribution in [0.5, 0.6) is 0 Å². The van der Waals surface area contributed by atoms with E-state index in [4.69, 9.17) is 5.11 Å². The van der Waals surface area contributed by atoms with Gasteiger partial charge in [-0.15, -0.1) is 0 Å². The van der Waals surface area contributed by atoms with E-state index in [-0.39, 0.29) is 5.69 Å². The molecule has 0 aliphatic carbocycles. The van der Waals surface area contributed by atoms with Crippen molar-refractivity contribution in [1.29, 1.82) is 0 Å². The molecule has 3 nitrogen and oxygen atoms in total. The van der Waals surface area contributed by atoms with Gasteiger partial charge < -0.3 is 10.1 Å². The highest BCUT2D eigenvalue weighted by Crippen LogP contribution is 2.14. The van der Waals surface area contributed by atoms with Crippen LogP contribution < -0.4 is 0 Å². The maximum Gasteiger partial charge on any atom is 0.352 e. The molecule has 0 aliphatic rings. The predicted octanol–water partition coefficient (Wildman–Crippen LogP) is 2.61. The first kappa shape index (κ1) is 10.5. The van der Waals surface area contributed by atoms with Crippen LogP contribution >= 0.6 is 0 Å². The number of aromatic nitrogens is 1. The van der Waals surface area contributed by atoms with E-state index in [2.05, 4.69) is 24.0 Å². The smallest absolute Gasteiger partial charge is 0.352 e. The maximum atomic E-state index is 10.7. The molecule has 0 unspecified atom stereocenters. The molecular weight excluding hydrogens is 202 g/mol. The van der Waals surface area contributed by atoms with Crippen LogP contribution in [0.4, 0.5) is 0 Å². The van der Waals surface area contributed by atoms with E-state index in [1.165, 1.54) is 11.1 Å². The standard InChI is InChI=1S/C13H13NO2/c1-9-4-2-3-5-11(9)6-10-7-12(13(15)16)14-8-10/h2-5,7-8,14H,6H2,1H3,(H,15,16). The normalized spacial score (nSPS) is 10.3. The highest BCUT2D eigenvalue weighted by atomic mass is 16.4. The van der Waals surface area contributed by atoms with E-state index in [1.807, 2.05) is 12.1 Å². The highest BCUT2D eigenvalue weighted by molar-refractivity contribution is 5.85. The van der Waals surface area contributed by atoms with Gasteiger partial charge >= 0.3 is 5.97 Å². The van der Waals surface area contributed by atoms with Crippen LogP contribution in [0.15, 0.2) is 36.5 Å². The first-order valence-corrected chi connectivity index (χ1v) is 5.12. The quantitative estimate of drug-likeness (QED) is 0.826. The van der Waals surface area contributed by atoms with E-state index in [0.717, 1.165) is 12.0 Å². The van der Waals surface area contributed by atoms with Crippen molar-refractivity contribution in [2.24, 2.45) is 0 Å². The number of hydrogen-bond acceptors (Lipinski definition) is 1. The molecule has 0 radical (unpaired) electrons. The van der Waals surface area contributed by atoms with Gasteiger partial charge in [0.15, 0.2) is 0 Å². The number of rotatable bonds is 3. The Labute approximate surface area is 93.7 Å². The molecule has 1 aromatic carbocycles. The van der Waals surface area contributed by atoms with Crippen LogP contribution in [0.2, 0.25) is 0 Å². The summed E-state index contributed by atoms with van der Waals surface area (Å²) in [4.78, 5) is 13.4. The van der Waals surface area contributed by atoms with Gasteiger partial charge in [-0.3, -0.25) is 0 Å². The van der Waals surface area contributed by atoms with Crippen molar-refractivity contribution in [3.8, 4) is 0 Å². The molecule has 1 aromatic heterocycles. The Kier molecular flexibility index (Phi) is 2.77. The molecule has 2 aromatic rings. The van der Waals surface area contributed by atoms with Gasteiger partial charge in [0, 0.05) is 6.20 Å². The van der Waals surface area contributed by atoms with Gasteiger partial charge in [-0.2, -0.15) is 0 Å². The third-order valence-corrected chi connectivity index (χ3v) is 2.63. The lowest BCUT2D eigenvalue weighted by molar-refractivity contribution is 0.0691. The van der Waals surface area contributed by atoms with Crippen molar-refractivity contribution in [3.63, 3.8) is 0 Å². The molecular formula is C13H13NO2. The molecule has 0 fully saturated rings. The molecule has 1 heterocycles. The van der Waals surface area contributed by atoms with Crippen molar-refractivity contribution in [1.82, 2.24) is 4.98 Å². The fourth-order valence-corrected chi connectivity index (χ4v) is 1.69. The molecule has 16 heavy (non-hydrogen) atoms. The molecule has 0 saturated heterocycles. The van der Waals surface area contributed by atoms with Crippen LogP contribution in [0, 0.1) is 6.92 Å². The predicted molar refractivity (Wildman–Crippen MR) is 61.7 cm³/mol. The first-order chi connectivity index (χ1) is 7.66. The number of H-pyrrole nitrogens is 1. The fourth-order valence-electron chi connectivity index (χ4n) is 1.69. The Hall–Kier alpha value is -2.03. The molecule has 2 rings (SSSR count). The van der Waals surface area contributed by atoms with Crippen LogP contribution in [-0.2, 0) is 6.42 Å². The molecule has 0 amide bonds. The van der Waals surface area contributed by atoms with E-state index < -0.39 is 5.97 Å². The summed E-state index contributed by atoms with van der Waals surface area (Å²) in [5.74, 6) is -0.920. The van der Waals surface area contributed by atoms with Gasteiger partial charge in [-0.05, 0) is 36.1 Å². The van der Waals surface area contributed by atoms with E-state index in [1.54, 1.807) is 12.3 Å². The SMILES string of the molecule is Cc1ccccc1Cc1c[nH]c(C(=O)O)c1. The fraction of sp³-hybridized carbons (Fsp3) is 0.154. The Morgan fingerprint density at radius 3 is 2.75 bits per heavy atom. The Balaban J connectivity index is 2.21. The summed E-state index contributed by atoms with van der Waals surface area (Å²) < 4.78 is 0. The van der Waals surface area contributed by atoms with Crippen LogP contribution in [0.3, 0.4) is 0 Å². The largest absolute Gasteiger partial charge is 0.477 e. The zero-order valence-electron chi connectivity index (χ0n) is 9.03. The molecule has 0 bridgehead atoms. The van der Waals surface area contributed by atoms with Gasteiger partial charge in [-0.1, -0.05) is 24.3 Å². The minimum atomic E-state index is -0.920. The summed E-state index contributed by atoms with van der Waals surface area (Å²) >= 11 is 0. The average Bonchev–Trinajstić information content (AvgIpc) is 2.70. The van der Waals surface area contributed by atoms with E-state index >= 15 is 0 Å². The molecule has 2 N–H and O–H groups in total. The van der Waals surface area contributed by atoms with E-state index in [9.17, 15) is 4.79 Å². The zero-order valence-corrected chi connectivity index (χ0v) is 9.03. The second-order valence-electron chi connectivity index (χ2n) is 3.83. The summed E-state index contributed by atoms with van der Waals surface area (Å²) in [6, 6.07) is 9.78. The molecule has 0 saturated carbocycles. The summed E-state index contributed by atoms with van der Waals surface area (Å²) in [6.45, 7) is 2.06. The van der Waals surface area contributed by atoms with Crippen LogP contribution in [0.1, 0.15) is 27.2 Å². The number of carbonyl (C=O) groups is 1. The van der Waals surface area contributed by atoms with Crippen molar-refractivity contribution in [3.05, 3.63) is 58.9 Å². The molecule has 0 aliphatic heterocycles. The number of aromatic amines is 1. The lowest BCUT2D eigenvalue weighted by atomic mass is 10.0. The minimum Gasteiger partial charge on any atom is -0.477 e. The zero-order chi connectivity index (χ0) is 11.5. The Bertz CT molecular complexity index is 514. The number of benzene rings is 1. The van der Waals surface area contributed by atoms with Crippen molar-refractivity contribution in [2.75, 3.05) is 0 Å². The van der Waals surface area contributed by atoms with Crippen molar-refractivity contribution >= 4 is 5.97 Å².